The second kappa shape index (κ2) is 41.1. The lowest BCUT2D eigenvalue weighted by atomic mass is 10.1. The van der Waals surface area contributed by atoms with Crippen LogP contribution >= 0.6 is 22.6 Å². The molecule has 0 bridgehead atoms. The van der Waals surface area contributed by atoms with E-state index < -0.39 is 23.9 Å². The van der Waals surface area contributed by atoms with Crippen LogP contribution in [0.4, 0.5) is 0 Å². The van der Waals surface area contributed by atoms with Gasteiger partial charge in [0.1, 0.15) is 19.3 Å². The zero-order chi connectivity index (χ0) is 51.8. The molecule has 0 aliphatic carbocycles. The number of unbranched alkanes of at least 4 members (excludes halogenated alkanes) is 3. The first-order chi connectivity index (χ1) is 33.7. The van der Waals surface area contributed by atoms with Crippen LogP contribution < -0.4 is 54.0 Å². The Bertz CT molecular complexity index is 1710. The van der Waals surface area contributed by atoms with Gasteiger partial charge in [-0.1, -0.05) is 12.1 Å². The first-order valence-electron chi connectivity index (χ1n) is 24.3. The standard InChI is InChI=1S/C47H81IN10O12/c1-34-16-17-35(31-36(34)48)18-19-41(60)53-20-8-6-13-39(47(66)57-22-9-5-12-38(52-3)46(50)65)58-42(61)15-10-14-40(59)55-23-25-67-27-30-70-33-44(63)56-24-26-68-28-29-69-32-43(62)54-21-7-4-11-37(51-2)45(49)64/h16-17,31,37-39,51-52H,4-15,18-30,32-33H2,1-3H3,(H2,49,64)(H2,50,65)(H,53,60)(H,54,62)(H,55,59)(H,56,63)(H,57,66)(H,58,61)/t37-,38+,39-/m0/s1/i48-2. The van der Waals surface area contributed by atoms with Gasteiger partial charge in [0.05, 0.1) is 51.7 Å². The number of nitrogens with one attached hydrogen (secondary N) is 8. The molecule has 8 amide bonds. The van der Waals surface area contributed by atoms with Crippen molar-refractivity contribution in [2.24, 2.45) is 11.5 Å². The second-order valence-electron chi connectivity index (χ2n) is 16.6. The molecule has 22 nitrogen and oxygen atoms in total. The third-order valence-electron chi connectivity index (χ3n) is 10.8. The van der Waals surface area contributed by atoms with Crippen LogP contribution in [0.1, 0.15) is 94.6 Å². The van der Waals surface area contributed by atoms with Crippen LogP contribution in [0.25, 0.3) is 0 Å². The Labute approximate surface area is 426 Å². The molecule has 0 aromatic heterocycles. The molecular formula is C47H81IN10O12. The Hall–Kier alpha value is -4.53. The van der Waals surface area contributed by atoms with Crippen molar-refractivity contribution in [3.63, 3.8) is 0 Å². The predicted molar refractivity (Wildman–Crippen MR) is 272 cm³/mol. The maximum atomic E-state index is 13.2. The van der Waals surface area contributed by atoms with Gasteiger partial charge in [0.2, 0.25) is 47.3 Å². The van der Waals surface area contributed by atoms with E-state index in [-0.39, 0.29) is 127 Å². The van der Waals surface area contributed by atoms with Crippen molar-refractivity contribution in [1.82, 2.24) is 42.5 Å². The largest absolute Gasteiger partial charge is 0.377 e. The van der Waals surface area contributed by atoms with E-state index >= 15 is 0 Å². The summed E-state index contributed by atoms with van der Waals surface area (Å²) in [5.74, 6) is -2.40. The fourth-order valence-electron chi connectivity index (χ4n) is 6.64. The molecule has 23 heteroatoms. The lowest BCUT2D eigenvalue weighted by Gasteiger charge is -2.19. The van der Waals surface area contributed by atoms with Crippen LogP contribution in [0, 0.1) is 10.5 Å². The van der Waals surface area contributed by atoms with E-state index in [0.717, 1.165) is 15.6 Å². The molecule has 0 fully saturated rings. The van der Waals surface area contributed by atoms with Crippen molar-refractivity contribution in [2.75, 3.05) is 99.7 Å². The first-order valence-corrected chi connectivity index (χ1v) is 25.4. The number of likely N-dealkylation sites (N-methyl/N-ethyl adjacent to an activating group) is 2. The number of nitrogens with two attached hydrogens (primary N) is 2. The number of aryl methyl sites for hydroxylation is 2. The summed E-state index contributed by atoms with van der Waals surface area (Å²) in [6.45, 7) is 4.89. The van der Waals surface area contributed by atoms with E-state index in [1.165, 1.54) is 5.56 Å². The number of hydrogen-bond acceptors (Lipinski definition) is 14. The van der Waals surface area contributed by atoms with Crippen molar-refractivity contribution in [2.45, 2.75) is 115 Å². The molecule has 0 saturated carbocycles. The molecule has 1 aromatic rings. The van der Waals surface area contributed by atoms with Gasteiger partial charge in [-0.05, 0) is 131 Å². The summed E-state index contributed by atoms with van der Waals surface area (Å²) in [5.41, 5.74) is 13.0. The molecule has 0 aliphatic rings. The monoisotopic (exact) mass is 1100 g/mol. The summed E-state index contributed by atoms with van der Waals surface area (Å²) in [6.07, 6.45) is 6.83. The number of rotatable bonds is 44. The van der Waals surface area contributed by atoms with Crippen LogP contribution in [-0.2, 0) is 63.7 Å². The van der Waals surface area contributed by atoms with Crippen molar-refractivity contribution in [1.29, 1.82) is 0 Å². The van der Waals surface area contributed by atoms with Gasteiger partial charge >= 0.3 is 0 Å². The fraction of sp³-hybridized carbons (Fsp3) is 0.702. The lowest BCUT2D eigenvalue weighted by Crippen LogP contribution is -2.47. The maximum absolute atomic E-state index is 13.2. The van der Waals surface area contributed by atoms with E-state index in [1.54, 1.807) is 14.1 Å². The van der Waals surface area contributed by atoms with Crippen molar-refractivity contribution < 1.29 is 57.3 Å². The minimum atomic E-state index is -0.795. The number of carbonyl (C=O) groups is 8. The van der Waals surface area contributed by atoms with Gasteiger partial charge in [0.25, 0.3) is 0 Å². The Morgan fingerprint density at radius 2 is 0.957 bits per heavy atom. The Morgan fingerprint density at radius 3 is 1.47 bits per heavy atom. The molecule has 0 heterocycles. The van der Waals surface area contributed by atoms with E-state index in [4.69, 9.17) is 30.4 Å². The Balaban J connectivity index is 2.20. The number of hydrogen-bond donors (Lipinski definition) is 10. The number of primary amides is 2. The van der Waals surface area contributed by atoms with Crippen molar-refractivity contribution in [3.05, 3.63) is 32.9 Å². The van der Waals surface area contributed by atoms with Gasteiger partial charge in [0.15, 0.2) is 0 Å². The van der Waals surface area contributed by atoms with E-state index in [9.17, 15) is 38.4 Å². The minimum Gasteiger partial charge on any atom is -0.377 e. The quantitative estimate of drug-likeness (QED) is 0.0291. The summed E-state index contributed by atoms with van der Waals surface area (Å²) < 4.78 is 22.6. The molecule has 0 spiro atoms. The number of amides is 8. The molecule has 70 heavy (non-hydrogen) atoms. The molecule has 0 unspecified atom stereocenters. The molecular weight excluding hydrogens is 1020 g/mol. The second-order valence-corrected chi connectivity index (χ2v) is 17.7. The Morgan fingerprint density at radius 1 is 0.514 bits per heavy atom. The normalized spacial score (nSPS) is 12.3. The highest BCUT2D eigenvalue weighted by atomic mass is 125. The zero-order valence-corrected chi connectivity index (χ0v) is 43.6. The summed E-state index contributed by atoms with van der Waals surface area (Å²) in [7, 11) is 3.34. The predicted octanol–water partition coefficient (Wildman–Crippen LogP) is -0.508. The van der Waals surface area contributed by atoms with Crippen LogP contribution in [0.2, 0.25) is 0 Å². The summed E-state index contributed by atoms with van der Waals surface area (Å²) >= 11 is 2.28. The minimum absolute atomic E-state index is 0.0414. The van der Waals surface area contributed by atoms with Crippen LogP contribution in [0.3, 0.4) is 0 Å². The fourth-order valence-corrected chi connectivity index (χ4v) is 7.22. The first kappa shape index (κ1) is 63.5. The van der Waals surface area contributed by atoms with Crippen molar-refractivity contribution >= 4 is 69.8 Å². The molecule has 0 saturated heterocycles. The average molecular weight is 1100 g/mol. The van der Waals surface area contributed by atoms with Crippen LogP contribution in [0.15, 0.2) is 18.2 Å². The lowest BCUT2D eigenvalue weighted by molar-refractivity contribution is -0.129. The topological polar surface area (TPSA) is 322 Å². The molecule has 1 aromatic carbocycles. The van der Waals surface area contributed by atoms with E-state index in [1.807, 2.05) is 19.1 Å². The van der Waals surface area contributed by atoms with Crippen molar-refractivity contribution in [3.8, 4) is 0 Å². The van der Waals surface area contributed by atoms with Gasteiger partial charge in [-0.15, -0.1) is 0 Å². The Kier molecular flexibility index (Phi) is 37.3. The molecule has 398 valence electrons. The van der Waals surface area contributed by atoms with Gasteiger partial charge in [-0.3, -0.25) is 38.4 Å². The highest BCUT2D eigenvalue weighted by Gasteiger charge is 2.21. The zero-order valence-electron chi connectivity index (χ0n) is 41.5. The molecule has 12 N–H and O–H groups in total. The molecule has 0 radical (unpaired) electrons. The number of benzene rings is 1. The van der Waals surface area contributed by atoms with Gasteiger partial charge in [0, 0.05) is 55.6 Å². The number of carbonyl (C=O) groups excluding carboxylic acids is 8. The number of ether oxygens (including phenoxy) is 4. The summed E-state index contributed by atoms with van der Waals surface area (Å²) in [6, 6.07) is 4.54. The maximum Gasteiger partial charge on any atom is 0.246 e. The van der Waals surface area contributed by atoms with Gasteiger partial charge < -0.3 is 72.9 Å². The van der Waals surface area contributed by atoms with E-state index in [2.05, 4.69) is 71.2 Å². The number of halogens is 1. The highest BCUT2D eigenvalue weighted by molar-refractivity contribution is 14.1. The van der Waals surface area contributed by atoms with E-state index in [0.29, 0.717) is 83.8 Å². The van der Waals surface area contributed by atoms with Crippen LogP contribution in [-0.4, -0.2) is 165 Å². The van der Waals surface area contributed by atoms with Crippen LogP contribution in [0.5, 0.6) is 0 Å². The summed E-state index contributed by atoms with van der Waals surface area (Å²) in [5, 5.41) is 22.5. The third kappa shape index (κ3) is 33.9. The van der Waals surface area contributed by atoms with Gasteiger partial charge in [-0.2, -0.15) is 0 Å². The average Bonchev–Trinajstić information content (AvgIpc) is 3.32. The third-order valence-corrected chi connectivity index (χ3v) is 11.9. The molecule has 1 rings (SSSR count). The summed E-state index contributed by atoms with van der Waals surface area (Å²) in [4.78, 5) is 97.4. The SMILES string of the molecule is CN[C@@H](CCCCNC(=O)COCCOCCNC(=O)COCCOCCNC(=O)CCCC(=O)N[C@@H](CCCCNC(=O)CCc1ccc(C)c([125I])c1)C(=O)NCCCC[C@@H](NC)C(N)=O)C(N)=O. The molecule has 0 aliphatic heterocycles. The smallest absolute Gasteiger partial charge is 0.246 e. The highest BCUT2D eigenvalue weighted by Crippen LogP contribution is 2.15. The molecule has 3 atom stereocenters. The van der Waals surface area contributed by atoms with Gasteiger partial charge in [-0.25, -0.2) is 0 Å².